The lowest BCUT2D eigenvalue weighted by Crippen LogP contribution is -2.06. The quantitative estimate of drug-likeness (QED) is 0.393. The molecule has 0 aliphatic rings. The van der Waals surface area contributed by atoms with Crippen LogP contribution in [0.15, 0.2) is 0 Å². The molecule has 0 fully saturated rings. The third-order valence-electron chi connectivity index (χ3n) is 1.06. The van der Waals surface area contributed by atoms with E-state index in [1.165, 1.54) is 7.89 Å². The van der Waals surface area contributed by atoms with Gasteiger partial charge in [-0.1, -0.05) is 20.8 Å². The largest absolute Gasteiger partial charge is 0.358 e. The van der Waals surface area contributed by atoms with Gasteiger partial charge in [-0.2, -0.15) is 0 Å². The summed E-state index contributed by atoms with van der Waals surface area (Å²) in [4.78, 5) is 0. The zero-order chi connectivity index (χ0) is 5.21. The molecule has 0 aliphatic heterocycles. The molecule has 0 N–H and O–H groups in total. The van der Waals surface area contributed by atoms with Crippen molar-refractivity contribution in [3.8, 4) is 0 Å². The lowest BCUT2D eigenvalue weighted by Gasteiger charge is -2.12. The standard InChI is InChI=1S/C4H9.Mg.H3Si/c1-4(2)3;;/h1-3H3;;1H3. The average molecular weight is 113 g/mol. The van der Waals surface area contributed by atoms with Gasteiger partial charge >= 0.3 is 19.6 Å². The fourth-order valence-electron chi connectivity index (χ4n) is 0. The summed E-state index contributed by atoms with van der Waals surface area (Å²) in [5, 5.41) is 0. The van der Waals surface area contributed by atoms with E-state index >= 15 is 0 Å². The van der Waals surface area contributed by atoms with Crippen LogP contribution in [0.3, 0.4) is 0 Å². The minimum absolute atomic E-state index is 0.391. The van der Waals surface area contributed by atoms with Gasteiger partial charge in [0, 0.05) is 0 Å². The maximum atomic E-state index is 2.34. The zero-order valence-electron chi connectivity index (χ0n) is 5.21. The van der Waals surface area contributed by atoms with E-state index in [0.717, 1.165) is 3.54 Å². The van der Waals surface area contributed by atoms with Crippen molar-refractivity contribution in [2.24, 2.45) is 0 Å². The molecule has 0 saturated carbocycles. The van der Waals surface area contributed by atoms with Gasteiger partial charge in [0.1, 0.15) is 0 Å². The summed E-state index contributed by atoms with van der Waals surface area (Å²) >= 11 is 0.391. The molecule has 34 valence electrons. The Morgan fingerprint density at radius 1 is 1.33 bits per heavy atom. The van der Waals surface area contributed by atoms with Crippen LogP contribution >= 0.6 is 0 Å². The van der Waals surface area contributed by atoms with E-state index in [1.54, 1.807) is 0 Å². The van der Waals surface area contributed by atoms with Crippen LogP contribution in [0.4, 0.5) is 0 Å². The molecule has 0 bridgehead atoms. The second kappa shape index (κ2) is 2.33. The highest BCUT2D eigenvalue weighted by Crippen LogP contribution is 2.17. The first kappa shape index (κ1) is 6.98. The van der Waals surface area contributed by atoms with Crippen molar-refractivity contribution in [2.75, 3.05) is 0 Å². The van der Waals surface area contributed by atoms with Crippen molar-refractivity contribution in [1.82, 2.24) is 0 Å². The Morgan fingerprint density at radius 2 is 1.50 bits per heavy atom. The van der Waals surface area contributed by atoms with Crippen molar-refractivity contribution in [3.05, 3.63) is 0 Å². The number of hydrogen-bond acceptors (Lipinski definition) is 0. The molecule has 2 heteroatoms. The topological polar surface area (TPSA) is 0 Å². The Labute approximate surface area is 52.0 Å². The molecule has 0 spiro atoms. The Kier molecular flexibility index (Phi) is 2.71. The van der Waals surface area contributed by atoms with Gasteiger partial charge in [0.25, 0.3) is 0 Å². The summed E-state index contributed by atoms with van der Waals surface area (Å²) < 4.78 is 0.742. The van der Waals surface area contributed by atoms with E-state index in [2.05, 4.69) is 20.8 Å². The van der Waals surface area contributed by atoms with Gasteiger partial charge < -0.3 is 0 Å². The molecule has 0 aromatic carbocycles. The molecule has 0 unspecified atom stereocenters. The predicted octanol–water partition coefficient (Wildman–Crippen LogP) is 0.189. The fourth-order valence-corrected chi connectivity index (χ4v) is 0. The van der Waals surface area contributed by atoms with Crippen molar-refractivity contribution in [1.29, 1.82) is 0 Å². The second-order valence-corrected chi connectivity index (χ2v) is 7.86. The zero-order valence-corrected chi connectivity index (χ0v) is 8.62. The van der Waals surface area contributed by atoms with Gasteiger partial charge in [0.2, 0.25) is 0 Å². The third kappa shape index (κ3) is 4.98. The molecule has 0 aromatic heterocycles. The van der Waals surface area contributed by atoms with Crippen LogP contribution in [0.5, 0.6) is 0 Å². The van der Waals surface area contributed by atoms with Crippen LogP contribution in [0.2, 0.25) is 3.54 Å². The lowest BCUT2D eigenvalue weighted by molar-refractivity contribution is 0.763. The monoisotopic (exact) mass is 112 g/mol. The number of rotatable bonds is 0. The van der Waals surface area contributed by atoms with Crippen molar-refractivity contribution < 1.29 is 0 Å². The van der Waals surface area contributed by atoms with E-state index < -0.39 is 0 Å². The Bertz CT molecular complexity index is 37.3. The summed E-state index contributed by atoms with van der Waals surface area (Å²) in [5.74, 6) is 0. The highest BCUT2D eigenvalue weighted by Gasteiger charge is 2.07. The SMILES string of the molecule is C[C](C)(C)[Mg][SiH3]. The van der Waals surface area contributed by atoms with Gasteiger partial charge in [-0.3, -0.25) is 0 Å². The summed E-state index contributed by atoms with van der Waals surface area (Å²) in [6.07, 6.45) is 0. The third-order valence-corrected chi connectivity index (χ3v) is 9.55. The van der Waals surface area contributed by atoms with Crippen LogP contribution < -0.4 is 0 Å². The number of hydrogen-bond donors (Lipinski definition) is 0. The molecular weight excluding hydrogens is 100 g/mol. The highest BCUT2D eigenvalue weighted by atomic mass is 28.3. The molecule has 0 amide bonds. The van der Waals surface area contributed by atoms with Crippen LogP contribution in [0.25, 0.3) is 0 Å². The molecule has 0 radical (unpaired) electrons. The van der Waals surface area contributed by atoms with E-state index in [-0.39, 0.29) is 0 Å². The Morgan fingerprint density at radius 3 is 1.50 bits per heavy atom. The van der Waals surface area contributed by atoms with E-state index in [0.29, 0.717) is 19.6 Å². The van der Waals surface area contributed by atoms with E-state index in [9.17, 15) is 0 Å². The molecule has 0 nitrogen and oxygen atoms in total. The van der Waals surface area contributed by atoms with Gasteiger partial charge in [-0.05, 0) is 0 Å². The molecule has 0 rings (SSSR count). The lowest BCUT2D eigenvalue weighted by atomic mass is 10.2. The molecule has 0 saturated heterocycles. The molecular formula is C4H12MgSi. The minimum atomic E-state index is 0.391. The summed E-state index contributed by atoms with van der Waals surface area (Å²) in [6, 6.07) is 0. The van der Waals surface area contributed by atoms with Gasteiger partial charge in [0.05, 0.1) is 0 Å². The maximum absolute atomic E-state index is 2.34. The van der Waals surface area contributed by atoms with Crippen molar-refractivity contribution >= 4 is 27.5 Å². The predicted molar refractivity (Wildman–Crippen MR) is 35.4 cm³/mol. The molecule has 0 aromatic rings. The van der Waals surface area contributed by atoms with E-state index in [1.807, 2.05) is 0 Å². The Balaban J connectivity index is 3.17. The Hall–Kier alpha value is 0.983. The van der Waals surface area contributed by atoms with Gasteiger partial charge in [-0.25, -0.2) is 0 Å². The smallest absolute Gasteiger partial charge is 0.137 e. The summed E-state index contributed by atoms with van der Waals surface area (Å²) in [6.45, 7) is 7.02. The molecule has 0 atom stereocenters. The van der Waals surface area contributed by atoms with Gasteiger partial charge in [-0.15, -0.1) is 11.4 Å². The second-order valence-electron chi connectivity index (χ2n) is 2.91. The van der Waals surface area contributed by atoms with Crippen molar-refractivity contribution in [2.45, 2.75) is 24.3 Å². The summed E-state index contributed by atoms with van der Waals surface area (Å²) in [5.41, 5.74) is 0. The van der Waals surface area contributed by atoms with Gasteiger partial charge in [0.15, 0.2) is 0 Å². The van der Waals surface area contributed by atoms with Crippen LogP contribution in [-0.2, 0) is 0 Å². The first-order valence-electron chi connectivity index (χ1n) is 2.56. The normalized spacial score (nSPS) is 11.2. The minimum Gasteiger partial charge on any atom is -0.137 e. The first-order valence-corrected chi connectivity index (χ1v) is 8.92. The average Bonchev–Trinajstić information content (AvgIpc) is 1.35. The molecule has 6 heavy (non-hydrogen) atoms. The van der Waals surface area contributed by atoms with Crippen LogP contribution in [0.1, 0.15) is 20.8 Å². The van der Waals surface area contributed by atoms with Crippen molar-refractivity contribution in [3.63, 3.8) is 0 Å². The fraction of sp³-hybridized carbons (Fsp3) is 1.00. The maximum Gasteiger partial charge on any atom is 0.358 e. The van der Waals surface area contributed by atoms with Crippen LogP contribution in [-0.4, -0.2) is 27.5 Å². The van der Waals surface area contributed by atoms with Crippen LogP contribution in [0, 0.1) is 0 Å². The first-order chi connectivity index (χ1) is 2.56. The van der Waals surface area contributed by atoms with E-state index in [4.69, 9.17) is 0 Å². The molecule has 0 heterocycles. The summed E-state index contributed by atoms with van der Waals surface area (Å²) in [7, 11) is 1.49. The molecule has 0 aliphatic carbocycles. The highest BCUT2D eigenvalue weighted by molar-refractivity contribution is 6.91.